The molecule has 0 atom stereocenters. The highest BCUT2D eigenvalue weighted by Gasteiger charge is 2.16. The van der Waals surface area contributed by atoms with Crippen molar-refractivity contribution in [3.05, 3.63) is 17.9 Å². The van der Waals surface area contributed by atoms with Crippen molar-refractivity contribution in [2.24, 2.45) is 0 Å². The second-order valence-corrected chi connectivity index (χ2v) is 4.14. The fraction of sp³-hybridized carbons (Fsp3) is 0.462. The highest BCUT2D eigenvalue weighted by Crippen LogP contribution is 2.31. The first kappa shape index (κ1) is 15.1. The molecule has 106 valence electrons. The number of carbonyl (C=O) groups excluding carboxylic acids is 1. The molecule has 1 rings (SSSR count). The molecule has 0 saturated carbocycles. The standard InChI is InChI=1S/C13H20FN3O2/c1-4-5-17(8-13(18)16-2)11-7-12(19-3)9(14)6-10(11)15/h6-7H,4-5,8,15H2,1-3H3,(H,16,18). The summed E-state index contributed by atoms with van der Waals surface area (Å²) >= 11 is 0. The van der Waals surface area contributed by atoms with Crippen LogP contribution in [0.5, 0.6) is 5.75 Å². The van der Waals surface area contributed by atoms with E-state index in [4.69, 9.17) is 10.5 Å². The van der Waals surface area contributed by atoms with Crippen molar-refractivity contribution in [3.8, 4) is 5.75 Å². The zero-order chi connectivity index (χ0) is 14.4. The van der Waals surface area contributed by atoms with Gasteiger partial charge in [-0.05, 0) is 6.42 Å². The topological polar surface area (TPSA) is 67.6 Å². The summed E-state index contributed by atoms with van der Waals surface area (Å²) in [7, 11) is 2.96. The van der Waals surface area contributed by atoms with Crippen molar-refractivity contribution >= 4 is 17.3 Å². The highest BCUT2D eigenvalue weighted by molar-refractivity contribution is 5.83. The Morgan fingerprint density at radius 1 is 1.53 bits per heavy atom. The van der Waals surface area contributed by atoms with E-state index < -0.39 is 5.82 Å². The number of anilines is 2. The van der Waals surface area contributed by atoms with Crippen LogP contribution in [-0.2, 0) is 4.79 Å². The van der Waals surface area contributed by atoms with E-state index in [1.165, 1.54) is 19.2 Å². The molecule has 0 aliphatic rings. The van der Waals surface area contributed by atoms with E-state index in [2.05, 4.69) is 5.32 Å². The third kappa shape index (κ3) is 3.74. The molecular weight excluding hydrogens is 249 g/mol. The van der Waals surface area contributed by atoms with Gasteiger partial charge >= 0.3 is 0 Å². The van der Waals surface area contributed by atoms with Crippen molar-refractivity contribution in [2.45, 2.75) is 13.3 Å². The molecule has 0 bridgehead atoms. The lowest BCUT2D eigenvalue weighted by atomic mass is 10.2. The Bertz CT molecular complexity index is 452. The Kier molecular flexibility index (Phi) is 5.41. The summed E-state index contributed by atoms with van der Waals surface area (Å²) in [6.45, 7) is 2.81. The number of rotatable bonds is 6. The minimum Gasteiger partial charge on any atom is -0.494 e. The average molecular weight is 269 g/mol. The van der Waals surface area contributed by atoms with Crippen LogP contribution in [0, 0.1) is 5.82 Å². The number of hydrogen-bond acceptors (Lipinski definition) is 4. The molecule has 0 unspecified atom stereocenters. The van der Waals surface area contributed by atoms with Crippen molar-refractivity contribution in [1.82, 2.24) is 5.32 Å². The fourth-order valence-corrected chi connectivity index (χ4v) is 1.80. The molecule has 0 aliphatic carbocycles. The fourth-order valence-electron chi connectivity index (χ4n) is 1.80. The first-order chi connectivity index (χ1) is 9.03. The summed E-state index contributed by atoms with van der Waals surface area (Å²) in [6, 6.07) is 2.73. The van der Waals surface area contributed by atoms with Crippen molar-refractivity contribution in [2.75, 3.05) is 37.9 Å². The minimum atomic E-state index is -0.514. The first-order valence-electron chi connectivity index (χ1n) is 6.12. The Balaban J connectivity index is 3.10. The van der Waals surface area contributed by atoms with Gasteiger partial charge in [0.15, 0.2) is 11.6 Å². The molecular formula is C13H20FN3O2. The van der Waals surface area contributed by atoms with Gasteiger partial charge in [-0.3, -0.25) is 4.79 Å². The number of nitrogens with one attached hydrogen (secondary N) is 1. The predicted octanol–water partition coefficient (Wildman–Crippen LogP) is 1.38. The molecule has 1 aromatic carbocycles. The van der Waals surface area contributed by atoms with Gasteiger partial charge in [-0.15, -0.1) is 0 Å². The lowest BCUT2D eigenvalue weighted by Gasteiger charge is -2.25. The maximum atomic E-state index is 13.5. The van der Waals surface area contributed by atoms with Crippen LogP contribution in [0.4, 0.5) is 15.8 Å². The largest absolute Gasteiger partial charge is 0.494 e. The van der Waals surface area contributed by atoms with Gasteiger partial charge in [0.2, 0.25) is 5.91 Å². The molecule has 0 heterocycles. The van der Waals surface area contributed by atoms with Crippen LogP contribution in [-0.4, -0.2) is 33.2 Å². The Labute approximate surface area is 112 Å². The lowest BCUT2D eigenvalue weighted by molar-refractivity contribution is -0.119. The van der Waals surface area contributed by atoms with Crippen LogP contribution < -0.4 is 20.7 Å². The highest BCUT2D eigenvalue weighted by atomic mass is 19.1. The molecule has 6 heteroatoms. The molecule has 0 saturated heterocycles. The van der Waals surface area contributed by atoms with E-state index in [1.54, 1.807) is 11.9 Å². The maximum Gasteiger partial charge on any atom is 0.239 e. The van der Waals surface area contributed by atoms with E-state index >= 15 is 0 Å². The van der Waals surface area contributed by atoms with Gasteiger partial charge in [0, 0.05) is 25.7 Å². The van der Waals surface area contributed by atoms with E-state index in [-0.39, 0.29) is 23.9 Å². The first-order valence-corrected chi connectivity index (χ1v) is 6.12. The molecule has 3 N–H and O–H groups in total. The van der Waals surface area contributed by atoms with Crippen LogP contribution in [0.15, 0.2) is 12.1 Å². The second kappa shape index (κ2) is 6.82. The van der Waals surface area contributed by atoms with E-state index in [9.17, 15) is 9.18 Å². The molecule has 0 fully saturated rings. The molecule has 1 amide bonds. The van der Waals surface area contributed by atoms with Gasteiger partial charge < -0.3 is 20.7 Å². The Morgan fingerprint density at radius 3 is 2.74 bits per heavy atom. The number of hydrogen-bond donors (Lipinski definition) is 2. The van der Waals surface area contributed by atoms with Gasteiger partial charge in [-0.2, -0.15) is 0 Å². The number of benzene rings is 1. The number of ether oxygens (including phenoxy) is 1. The predicted molar refractivity (Wildman–Crippen MR) is 73.9 cm³/mol. The Morgan fingerprint density at radius 2 is 2.21 bits per heavy atom. The van der Waals surface area contributed by atoms with E-state index in [0.717, 1.165) is 6.42 Å². The van der Waals surface area contributed by atoms with Crippen LogP contribution in [0.2, 0.25) is 0 Å². The number of carbonyl (C=O) groups is 1. The number of nitrogens with zero attached hydrogens (tertiary/aromatic N) is 1. The van der Waals surface area contributed by atoms with Gasteiger partial charge in [0.1, 0.15) is 0 Å². The summed E-state index contributed by atoms with van der Waals surface area (Å²) in [5, 5.41) is 2.56. The quantitative estimate of drug-likeness (QED) is 0.766. The third-order valence-electron chi connectivity index (χ3n) is 2.75. The van der Waals surface area contributed by atoms with Crippen molar-refractivity contribution in [1.29, 1.82) is 0 Å². The molecule has 19 heavy (non-hydrogen) atoms. The number of amides is 1. The number of nitrogen functional groups attached to an aromatic ring is 1. The lowest BCUT2D eigenvalue weighted by Crippen LogP contribution is -2.36. The van der Waals surface area contributed by atoms with Crippen molar-refractivity contribution in [3.63, 3.8) is 0 Å². The minimum absolute atomic E-state index is 0.113. The van der Waals surface area contributed by atoms with Gasteiger partial charge in [0.05, 0.1) is 25.0 Å². The molecule has 5 nitrogen and oxygen atoms in total. The third-order valence-corrected chi connectivity index (χ3v) is 2.75. The normalized spacial score (nSPS) is 10.1. The second-order valence-electron chi connectivity index (χ2n) is 4.14. The van der Waals surface area contributed by atoms with Crippen LogP contribution >= 0.6 is 0 Å². The van der Waals surface area contributed by atoms with Gasteiger partial charge in [-0.1, -0.05) is 6.92 Å². The number of nitrogens with two attached hydrogens (primary N) is 1. The molecule has 1 aromatic rings. The summed E-state index contributed by atoms with van der Waals surface area (Å²) in [6.07, 6.45) is 0.843. The van der Waals surface area contributed by atoms with Crippen LogP contribution in [0.1, 0.15) is 13.3 Å². The van der Waals surface area contributed by atoms with Crippen LogP contribution in [0.25, 0.3) is 0 Å². The summed E-state index contributed by atoms with van der Waals surface area (Å²) in [5.74, 6) is -0.529. The van der Waals surface area contributed by atoms with E-state index in [1.807, 2.05) is 6.92 Å². The molecule has 0 spiro atoms. The molecule has 0 radical (unpaired) electrons. The SMILES string of the molecule is CCCN(CC(=O)NC)c1cc(OC)c(F)cc1N. The monoisotopic (exact) mass is 269 g/mol. The average Bonchev–Trinajstić information content (AvgIpc) is 2.38. The number of methoxy groups -OCH3 is 1. The zero-order valence-electron chi connectivity index (χ0n) is 11.5. The molecule has 0 aromatic heterocycles. The summed E-state index contributed by atoms with van der Waals surface area (Å²) < 4.78 is 18.4. The van der Waals surface area contributed by atoms with Crippen molar-refractivity contribution < 1.29 is 13.9 Å². The van der Waals surface area contributed by atoms with E-state index in [0.29, 0.717) is 12.2 Å². The Hall–Kier alpha value is -1.98. The zero-order valence-corrected chi connectivity index (χ0v) is 11.5. The van der Waals surface area contributed by atoms with Gasteiger partial charge in [-0.25, -0.2) is 4.39 Å². The number of likely N-dealkylation sites (N-methyl/N-ethyl adjacent to an activating group) is 1. The number of halogens is 1. The smallest absolute Gasteiger partial charge is 0.239 e. The van der Waals surface area contributed by atoms with Gasteiger partial charge in [0.25, 0.3) is 0 Å². The molecule has 0 aliphatic heterocycles. The summed E-state index contributed by atoms with van der Waals surface area (Å²) in [5.41, 5.74) is 6.71. The summed E-state index contributed by atoms with van der Waals surface area (Å²) in [4.78, 5) is 13.3. The maximum absolute atomic E-state index is 13.5. The van der Waals surface area contributed by atoms with Crippen LogP contribution in [0.3, 0.4) is 0 Å².